The highest BCUT2D eigenvalue weighted by Gasteiger charge is 2.30. The molecule has 1 aliphatic rings. The zero-order chi connectivity index (χ0) is 22.4. The second-order valence-corrected chi connectivity index (χ2v) is 8.93. The fourth-order valence-corrected chi connectivity index (χ4v) is 4.92. The maximum Gasteiger partial charge on any atom is 0.226 e. The van der Waals surface area contributed by atoms with Gasteiger partial charge in [0, 0.05) is 37.3 Å². The van der Waals surface area contributed by atoms with E-state index in [2.05, 4.69) is 33.8 Å². The lowest BCUT2D eigenvalue weighted by Gasteiger charge is -2.41. The lowest BCUT2D eigenvalue weighted by atomic mass is 9.98. The van der Waals surface area contributed by atoms with Crippen LogP contribution in [0.1, 0.15) is 38.7 Å². The van der Waals surface area contributed by atoms with Gasteiger partial charge in [-0.25, -0.2) is 0 Å². The van der Waals surface area contributed by atoms with E-state index in [0.717, 1.165) is 59.6 Å². The molecule has 3 rings (SSSR count). The molecular weight excluding hydrogens is 456 g/mol. The highest BCUT2D eigenvalue weighted by atomic mass is 79.9. The molecule has 0 spiro atoms. The van der Waals surface area contributed by atoms with E-state index in [4.69, 9.17) is 9.47 Å². The molecule has 1 amide bonds. The number of nitrogens with zero attached hydrogens (tertiary/aromatic N) is 2. The predicted molar refractivity (Wildman–Crippen MR) is 129 cm³/mol. The van der Waals surface area contributed by atoms with Crippen LogP contribution in [0.25, 0.3) is 0 Å². The molecule has 6 heteroatoms. The Balaban J connectivity index is 1.67. The van der Waals surface area contributed by atoms with Crippen LogP contribution in [0.2, 0.25) is 0 Å². The molecule has 0 saturated carbocycles. The van der Waals surface area contributed by atoms with Crippen molar-refractivity contribution in [3.63, 3.8) is 0 Å². The molecule has 0 N–H and O–H groups in total. The monoisotopic (exact) mass is 488 g/mol. The van der Waals surface area contributed by atoms with Crippen molar-refractivity contribution < 1.29 is 14.3 Å². The third kappa shape index (κ3) is 5.60. The second-order valence-electron chi connectivity index (χ2n) is 8.07. The summed E-state index contributed by atoms with van der Waals surface area (Å²) in [6.07, 6.45) is 3.36. The van der Waals surface area contributed by atoms with Crippen molar-refractivity contribution in [2.75, 3.05) is 32.2 Å². The number of hydrogen-bond acceptors (Lipinski definition) is 4. The highest BCUT2D eigenvalue weighted by Crippen LogP contribution is 2.34. The van der Waals surface area contributed by atoms with Crippen LogP contribution in [0.5, 0.6) is 11.5 Å². The van der Waals surface area contributed by atoms with Gasteiger partial charge in [0.2, 0.25) is 5.91 Å². The second kappa shape index (κ2) is 11.0. The number of amides is 1. The number of ether oxygens (including phenoxy) is 2. The zero-order valence-corrected chi connectivity index (χ0v) is 20.5. The molecule has 168 valence electrons. The van der Waals surface area contributed by atoms with E-state index in [-0.39, 0.29) is 11.9 Å². The van der Waals surface area contributed by atoms with Crippen LogP contribution in [0.15, 0.2) is 46.9 Å². The molecule has 2 aromatic carbocycles. The third-order valence-corrected chi connectivity index (χ3v) is 6.78. The van der Waals surface area contributed by atoms with Gasteiger partial charge in [-0.15, -0.1) is 0 Å². The molecule has 0 radical (unpaired) electrons. The summed E-state index contributed by atoms with van der Waals surface area (Å²) in [5.41, 5.74) is 2.15. The molecule has 1 saturated heterocycles. The maximum atomic E-state index is 12.7. The van der Waals surface area contributed by atoms with Crippen LogP contribution in [0.4, 0.5) is 5.69 Å². The summed E-state index contributed by atoms with van der Waals surface area (Å²) >= 11 is 3.53. The Morgan fingerprint density at radius 3 is 2.35 bits per heavy atom. The van der Waals surface area contributed by atoms with Gasteiger partial charge in [-0.3, -0.25) is 4.79 Å². The first kappa shape index (κ1) is 23.6. The number of halogens is 1. The Labute approximate surface area is 194 Å². The lowest BCUT2D eigenvalue weighted by molar-refractivity contribution is -0.119. The number of carbonyl (C=O) groups excluding carboxylic acids is 1. The Kier molecular flexibility index (Phi) is 8.38. The van der Waals surface area contributed by atoms with Crippen LogP contribution >= 0.6 is 15.9 Å². The summed E-state index contributed by atoms with van der Waals surface area (Å²) in [5.74, 6) is 1.89. The summed E-state index contributed by atoms with van der Waals surface area (Å²) in [4.78, 5) is 17.2. The quantitative estimate of drug-likeness (QED) is 0.505. The van der Waals surface area contributed by atoms with Crippen LogP contribution in [-0.2, 0) is 11.2 Å². The number of benzene rings is 2. The Morgan fingerprint density at radius 2 is 1.77 bits per heavy atom. The fourth-order valence-electron chi connectivity index (χ4n) is 4.43. The van der Waals surface area contributed by atoms with E-state index in [1.165, 1.54) is 0 Å². The Bertz CT molecular complexity index is 867. The van der Waals surface area contributed by atoms with Gasteiger partial charge < -0.3 is 19.3 Å². The van der Waals surface area contributed by atoms with Gasteiger partial charge >= 0.3 is 0 Å². The maximum absolute atomic E-state index is 12.7. The first-order valence-electron chi connectivity index (χ1n) is 11.0. The normalized spacial score (nSPS) is 16.0. The van der Waals surface area contributed by atoms with Gasteiger partial charge in [-0.05, 0) is 71.9 Å². The van der Waals surface area contributed by atoms with Crippen molar-refractivity contribution in [2.45, 2.75) is 51.6 Å². The number of para-hydroxylation sites is 1. The SMILES string of the molecule is CCC(=O)N(c1ccccc1)C1CCN(C(C)Cc2cc(OC)c(Br)cc2OC)CC1. The van der Waals surface area contributed by atoms with Gasteiger partial charge in [0.1, 0.15) is 11.5 Å². The number of carbonyl (C=O) groups is 1. The number of methoxy groups -OCH3 is 2. The summed E-state index contributed by atoms with van der Waals surface area (Å²) in [6.45, 7) is 6.15. The molecule has 2 aromatic rings. The van der Waals surface area contributed by atoms with Crippen molar-refractivity contribution in [3.8, 4) is 11.5 Å². The minimum Gasteiger partial charge on any atom is -0.496 e. The van der Waals surface area contributed by atoms with Crippen LogP contribution in [0, 0.1) is 0 Å². The van der Waals surface area contributed by atoms with E-state index in [1.54, 1.807) is 14.2 Å². The van der Waals surface area contributed by atoms with Crippen molar-refractivity contribution in [1.82, 2.24) is 4.90 Å². The molecule has 0 aliphatic carbocycles. The van der Waals surface area contributed by atoms with Crippen molar-refractivity contribution >= 4 is 27.5 Å². The number of anilines is 1. The zero-order valence-electron chi connectivity index (χ0n) is 18.9. The number of hydrogen-bond donors (Lipinski definition) is 0. The molecule has 5 nitrogen and oxygen atoms in total. The lowest BCUT2D eigenvalue weighted by Crippen LogP contribution is -2.49. The van der Waals surface area contributed by atoms with Gasteiger partial charge in [-0.1, -0.05) is 25.1 Å². The Morgan fingerprint density at radius 1 is 1.13 bits per heavy atom. The molecule has 0 bridgehead atoms. The summed E-state index contributed by atoms with van der Waals surface area (Å²) in [6, 6.07) is 14.7. The Hall–Kier alpha value is -2.05. The molecule has 0 aromatic heterocycles. The molecular formula is C25H33BrN2O3. The largest absolute Gasteiger partial charge is 0.496 e. The number of likely N-dealkylation sites (tertiary alicyclic amines) is 1. The van der Waals surface area contributed by atoms with Crippen molar-refractivity contribution in [3.05, 3.63) is 52.5 Å². The van der Waals surface area contributed by atoms with Crippen molar-refractivity contribution in [2.24, 2.45) is 0 Å². The van der Waals surface area contributed by atoms with Crippen molar-refractivity contribution in [1.29, 1.82) is 0 Å². The molecule has 1 aliphatic heterocycles. The smallest absolute Gasteiger partial charge is 0.226 e. The number of rotatable bonds is 8. The van der Waals surface area contributed by atoms with Crippen LogP contribution in [0.3, 0.4) is 0 Å². The van der Waals surface area contributed by atoms with Crippen LogP contribution in [-0.4, -0.2) is 50.2 Å². The van der Waals surface area contributed by atoms with E-state index in [0.29, 0.717) is 12.5 Å². The first-order valence-corrected chi connectivity index (χ1v) is 11.8. The molecule has 1 fully saturated rings. The summed E-state index contributed by atoms with van der Waals surface area (Å²) in [7, 11) is 3.39. The minimum atomic E-state index is 0.199. The summed E-state index contributed by atoms with van der Waals surface area (Å²) in [5, 5.41) is 0. The highest BCUT2D eigenvalue weighted by molar-refractivity contribution is 9.10. The first-order chi connectivity index (χ1) is 15.0. The molecule has 1 heterocycles. The van der Waals surface area contributed by atoms with E-state index >= 15 is 0 Å². The minimum absolute atomic E-state index is 0.199. The van der Waals surface area contributed by atoms with Gasteiger partial charge in [0.25, 0.3) is 0 Å². The van der Waals surface area contributed by atoms with Gasteiger partial charge in [-0.2, -0.15) is 0 Å². The van der Waals surface area contributed by atoms with Crippen LogP contribution < -0.4 is 14.4 Å². The standard InChI is InChI=1S/C25H33BrN2O3/c1-5-25(29)28(20-9-7-6-8-10-20)21-11-13-27(14-12-21)18(2)15-19-16-24(31-4)22(26)17-23(19)30-3/h6-10,16-18,21H,5,11-15H2,1-4H3. The predicted octanol–water partition coefficient (Wildman–Crippen LogP) is 5.30. The molecule has 31 heavy (non-hydrogen) atoms. The van der Waals surface area contributed by atoms with Gasteiger partial charge in [0.15, 0.2) is 0 Å². The number of piperidine rings is 1. The van der Waals surface area contributed by atoms with Gasteiger partial charge in [0.05, 0.1) is 18.7 Å². The molecule has 1 unspecified atom stereocenters. The third-order valence-electron chi connectivity index (χ3n) is 6.16. The topological polar surface area (TPSA) is 42.0 Å². The molecule has 1 atom stereocenters. The summed E-state index contributed by atoms with van der Waals surface area (Å²) < 4.78 is 12.0. The average Bonchev–Trinajstić information content (AvgIpc) is 2.81. The fraction of sp³-hybridized carbons (Fsp3) is 0.480. The van der Waals surface area contributed by atoms with E-state index < -0.39 is 0 Å². The average molecular weight is 489 g/mol. The van der Waals surface area contributed by atoms with E-state index in [1.807, 2.05) is 48.2 Å². The van der Waals surface area contributed by atoms with E-state index in [9.17, 15) is 4.79 Å².